The smallest absolute Gasteiger partial charge is 0.291 e. The van der Waals surface area contributed by atoms with E-state index in [0.717, 1.165) is 11.3 Å². The van der Waals surface area contributed by atoms with E-state index in [-0.39, 0.29) is 9.47 Å². The van der Waals surface area contributed by atoms with Crippen LogP contribution in [0, 0.1) is 0 Å². The van der Waals surface area contributed by atoms with Crippen LogP contribution >= 0.6 is 11.3 Å². The van der Waals surface area contributed by atoms with Crippen LogP contribution in [0.3, 0.4) is 0 Å². The van der Waals surface area contributed by atoms with Gasteiger partial charge in [0.05, 0.1) is 12.8 Å². The lowest BCUT2D eigenvalue weighted by Gasteiger charge is -2.06. The van der Waals surface area contributed by atoms with Gasteiger partial charge in [0.2, 0.25) is 5.13 Å². The van der Waals surface area contributed by atoms with Crippen LogP contribution in [-0.4, -0.2) is 31.6 Å². The molecular formula is C16H14N4O4S2. The number of carbonyl (C=O) groups is 1. The molecule has 2 N–H and O–H groups in total. The molecule has 3 rings (SSSR count). The molecule has 0 bridgehead atoms. The SMILES string of the molecule is COc1cccc(NS(=O)(=O)c2nnc(NC(=O)c3ccccc3)s2)c1. The molecule has 0 saturated heterocycles. The summed E-state index contributed by atoms with van der Waals surface area (Å²) in [4.78, 5) is 12.1. The lowest BCUT2D eigenvalue weighted by atomic mass is 10.2. The predicted octanol–water partition coefficient (Wildman–Crippen LogP) is 2.60. The number of anilines is 2. The number of hydrogen-bond acceptors (Lipinski definition) is 7. The first-order valence-electron chi connectivity index (χ1n) is 7.35. The van der Waals surface area contributed by atoms with Gasteiger partial charge < -0.3 is 4.74 Å². The Hall–Kier alpha value is -2.98. The molecule has 134 valence electrons. The monoisotopic (exact) mass is 390 g/mol. The highest BCUT2D eigenvalue weighted by molar-refractivity contribution is 7.94. The Labute approximate surface area is 153 Å². The fourth-order valence-electron chi connectivity index (χ4n) is 2.01. The predicted molar refractivity (Wildman–Crippen MR) is 98.1 cm³/mol. The number of nitrogens with one attached hydrogen (secondary N) is 2. The number of benzene rings is 2. The van der Waals surface area contributed by atoms with Gasteiger partial charge in [-0.05, 0) is 24.3 Å². The van der Waals surface area contributed by atoms with Crippen molar-refractivity contribution in [2.45, 2.75) is 4.34 Å². The molecule has 0 aliphatic heterocycles. The normalized spacial score (nSPS) is 11.0. The maximum Gasteiger partial charge on any atom is 0.291 e. The van der Waals surface area contributed by atoms with Crippen LogP contribution in [0.1, 0.15) is 10.4 Å². The molecule has 1 heterocycles. The van der Waals surface area contributed by atoms with Crippen LogP contribution in [0.15, 0.2) is 58.9 Å². The van der Waals surface area contributed by atoms with Crippen LogP contribution < -0.4 is 14.8 Å². The minimum Gasteiger partial charge on any atom is -0.497 e. The second-order valence-electron chi connectivity index (χ2n) is 5.03. The Bertz CT molecular complexity index is 1020. The van der Waals surface area contributed by atoms with Crippen molar-refractivity contribution >= 4 is 38.1 Å². The summed E-state index contributed by atoms with van der Waals surface area (Å²) in [6.07, 6.45) is 0. The molecule has 0 fully saturated rings. The third-order valence-electron chi connectivity index (χ3n) is 3.21. The van der Waals surface area contributed by atoms with Crippen molar-refractivity contribution in [3.8, 4) is 5.75 Å². The van der Waals surface area contributed by atoms with Gasteiger partial charge in [0.15, 0.2) is 0 Å². The Morgan fingerprint density at radius 1 is 1.08 bits per heavy atom. The molecule has 1 aromatic heterocycles. The summed E-state index contributed by atoms with van der Waals surface area (Å²) in [5, 5.41) is 9.98. The van der Waals surface area contributed by atoms with Gasteiger partial charge in [-0.3, -0.25) is 14.8 Å². The number of nitrogens with zero attached hydrogens (tertiary/aromatic N) is 2. The van der Waals surface area contributed by atoms with Gasteiger partial charge in [0, 0.05) is 11.6 Å². The van der Waals surface area contributed by atoms with E-state index in [4.69, 9.17) is 4.74 Å². The van der Waals surface area contributed by atoms with Crippen molar-refractivity contribution in [1.29, 1.82) is 0 Å². The Kier molecular flexibility index (Phi) is 5.14. The molecule has 0 aliphatic rings. The van der Waals surface area contributed by atoms with Gasteiger partial charge in [0.1, 0.15) is 5.75 Å². The third kappa shape index (κ3) is 4.16. The molecule has 0 saturated carbocycles. The van der Waals surface area contributed by atoms with Gasteiger partial charge in [-0.25, -0.2) is 0 Å². The highest BCUT2D eigenvalue weighted by atomic mass is 32.2. The molecule has 1 amide bonds. The first-order chi connectivity index (χ1) is 12.5. The molecule has 0 unspecified atom stereocenters. The molecule has 0 aliphatic carbocycles. The van der Waals surface area contributed by atoms with E-state index in [1.807, 2.05) is 0 Å². The quantitative estimate of drug-likeness (QED) is 0.626. The van der Waals surface area contributed by atoms with Gasteiger partial charge in [-0.1, -0.05) is 35.6 Å². The Morgan fingerprint density at radius 3 is 2.58 bits per heavy atom. The lowest BCUT2D eigenvalue weighted by Crippen LogP contribution is -2.12. The number of sulfonamides is 1. The molecule has 8 nitrogen and oxygen atoms in total. The average molecular weight is 390 g/mol. The van der Waals surface area contributed by atoms with Gasteiger partial charge in [-0.2, -0.15) is 8.42 Å². The minimum atomic E-state index is -3.93. The summed E-state index contributed by atoms with van der Waals surface area (Å²) in [5.74, 6) is 0.115. The summed E-state index contributed by atoms with van der Waals surface area (Å²) >= 11 is 0.756. The van der Waals surface area contributed by atoms with Crippen LogP contribution in [0.5, 0.6) is 5.75 Å². The zero-order valence-electron chi connectivity index (χ0n) is 13.5. The average Bonchev–Trinajstić information content (AvgIpc) is 3.12. The zero-order chi connectivity index (χ0) is 18.6. The first kappa shape index (κ1) is 17.8. The number of amides is 1. The van der Waals surface area contributed by atoms with E-state index in [1.54, 1.807) is 48.5 Å². The number of carbonyl (C=O) groups excluding carboxylic acids is 1. The van der Waals surface area contributed by atoms with E-state index in [1.165, 1.54) is 13.2 Å². The number of aromatic nitrogens is 2. The molecule has 10 heteroatoms. The van der Waals surface area contributed by atoms with Crippen molar-refractivity contribution in [2.75, 3.05) is 17.1 Å². The lowest BCUT2D eigenvalue weighted by molar-refractivity contribution is 0.102. The second kappa shape index (κ2) is 7.50. The fraction of sp³-hybridized carbons (Fsp3) is 0.0625. The topological polar surface area (TPSA) is 110 Å². The summed E-state index contributed by atoms with van der Waals surface area (Å²) in [6.45, 7) is 0. The molecule has 3 aromatic rings. The van der Waals surface area contributed by atoms with E-state index < -0.39 is 15.9 Å². The zero-order valence-corrected chi connectivity index (χ0v) is 15.2. The number of hydrogen-bond donors (Lipinski definition) is 2. The summed E-state index contributed by atoms with van der Waals surface area (Å²) in [7, 11) is -2.44. The van der Waals surface area contributed by atoms with Gasteiger partial charge in [-0.15, -0.1) is 10.2 Å². The van der Waals surface area contributed by atoms with Crippen molar-refractivity contribution in [3.63, 3.8) is 0 Å². The van der Waals surface area contributed by atoms with E-state index >= 15 is 0 Å². The summed E-state index contributed by atoms with van der Waals surface area (Å²) in [5.41, 5.74) is 0.760. The maximum atomic E-state index is 12.4. The fourth-order valence-corrected chi connectivity index (χ4v) is 3.96. The van der Waals surface area contributed by atoms with Crippen molar-refractivity contribution in [2.24, 2.45) is 0 Å². The van der Waals surface area contributed by atoms with Crippen LogP contribution in [0.4, 0.5) is 10.8 Å². The highest BCUT2D eigenvalue weighted by Crippen LogP contribution is 2.24. The maximum absolute atomic E-state index is 12.4. The van der Waals surface area contributed by atoms with Crippen molar-refractivity contribution < 1.29 is 17.9 Å². The molecule has 0 spiro atoms. The van der Waals surface area contributed by atoms with Crippen molar-refractivity contribution in [1.82, 2.24) is 10.2 Å². The first-order valence-corrected chi connectivity index (χ1v) is 9.65. The molecular weight excluding hydrogens is 376 g/mol. The number of ether oxygens (including phenoxy) is 1. The van der Waals surface area contributed by atoms with Crippen LogP contribution in [-0.2, 0) is 10.0 Å². The number of rotatable bonds is 6. The Morgan fingerprint density at radius 2 is 1.85 bits per heavy atom. The van der Waals surface area contributed by atoms with Gasteiger partial charge >= 0.3 is 0 Å². The summed E-state index contributed by atoms with van der Waals surface area (Å²) < 4.78 is 32.0. The molecule has 2 aromatic carbocycles. The highest BCUT2D eigenvalue weighted by Gasteiger charge is 2.21. The van der Waals surface area contributed by atoms with Crippen molar-refractivity contribution in [3.05, 3.63) is 60.2 Å². The number of methoxy groups -OCH3 is 1. The van der Waals surface area contributed by atoms with Gasteiger partial charge in [0.25, 0.3) is 20.3 Å². The molecule has 26 heavy (non-hydrogen) atoms. The summed E-state index contributed by atoms with van der Waals surface area (Å²) in [6, 6.07) is 15.0. The van der Waals surface area contributed by atoms with E-state index in [2.05, 4.69) is 20.2 Å². The molecule has 0 radical (unpaired) electrons. The van der Waals surface area contributed by atoms with E-state index in [9.17, 15) is 13.2 Å². The second-order valence-corrected chi connectivity index (χ2v) is 7.86. The largest absolute Gasteiger partial charge is 0.497 e. The molecule has 0 atom stereocenters. The minimum absolute atomic E-state index is 0.0878. The third-order valence-corrected chi connectivity index (χ3v) is 5.80. The standard InChI is InChI=1S/C16H14N4O4S2/c1-24-13-9-5-8-12(10-13)20-26(22,23)16-19-18-15(25-16)17-14(21)11-6-3-2-4-7-11/h2-10,20H,1H3,(H,17,18,21). The van der Waals surface area contributed by atoms with Crippen LogP contribution in [0.25, 0.3) is 0 Å². The van der Waals surface area contributed by atoms with Crippen LogP contribution in [0.2, 0.25) is 0 Å². The van der Waals surface area contributed by atoms with E-state index in [0.29, 0.717) is 17.0 Å². The Balaban J connectivity index is 1.74.